The minimum absolute atomic E-state index is 0. The Bertz CT molecular complexity index is 556. The molecule has 3 rings (SSSR count). The lowest BCUT2D eigenvalue weighted by Gasteiger charge is -2.28. The third-order valence-electron chi connectivity index (χ3n) is 5.77. The monoisotopic (exact) mass is 415 g/mol. The average molecular weight is 416 g/mol. The summed E-state index contributed by atoms with van der Waals surface area (Å²) in [6.45, 7) is 6.59. The van der Waals surface area contributed by atoms with Gasteiger partial charge in [0.2, 0.25) is 5.91 Å². The minimum atomic E-state index is 0. The van der Waals surface area contributed by atoms with Crippen molar-refractivity contribution >= 4 is 42.1 Å². The first-order valence-corrected chi connectivity index (χ1v) is 10.1. The number of carbonyl (C=O) groups is 1. The Labute approximate surface area is 176 Å². The SMILES string of the molecule is CC(CC(=O)Nc1ccccc1N1CCCCCC1)C1CCCNC1.Cl.Cl. The summed E-state index contributed by atoms with van der Waals surface area (Å²) in [5, 5.41) is 6.66. The number of rotatable bonds is 5. The Morgan fingerprint density at radius 3 is 2.52 bits per heavy atom. The van der Waals surface area contributed by atoms with Crippen molar-refractivity contribution in [2.24, 2.45) is 11.8 Å². The van der Waals surface area contributed by atoms with Gasteiger partial charge >= 0.3 is 0 Å². The number of hydrogen-bond acceptors (Lipinski definition) is 3. The standard InChI is InChI=1S/C21H33N3O.2ClH/c1-17(18-9-8-12-22-16-18)15-21(25)23-19-10-4-5-11-20(19)24-13-6-2-3-7-14-24;;/h4-5,10-11,17-18,22H,2-3,6-9,12-16H2,1H3,(H,23,25);2*1H. The highest BCUT2D eigenvalue weighted by atomic mass is 35.5. The lowest BCUT2D eigenvalue weighted by atomic mass is 9.85. The molecule has 27 heavy (non-hydrogen) atoms. The van der Waals surface area contributed by atoms with Crippen LogP contribution in [-0.2, 0) is 4.79 Å². The van der Waals surface area contributed by atoms with Crippen molar-refractivity contribution in [1.29, 1.82) is 0 Å². The summed E-state index contributed by atoms with van der Waals surface area (Å²) in [6, 6.07) is 8.29. The molecule has 1 aromatic rings. The van der Waals surface area contributed by atoms with Gasteiger partial charge in [-0.15, -0.1) is 24.8 Å². The third kappa shape index (κ3) is 7.17. The molecule has 154 valence electrons. The van der Waals surface area contributed by atoms with E-state index in [4.69, 9.17) is 0 Å². The molecule has 2 saturated heterocycles. The molecule has 0 radical (unpaired) electrons. The maximum absolute atomic E-state index is 12.6. The lowest BCUT2D eigenvalue weighted by molar-refractivity contribution is -0.117. The minimum Gasteiger partial charge on any atom is -0.370 e. The molecule has 2 aliphatic rings. The normalized spacial score (nSPS) is 21.2. The van der Waals surface area contributed by atoms with Gasteiger partial charge in [-0.2, -0.15) is 0 Å². The second kappa shape index (κ2) is 12.5. The van der Waals surface area contributed by atoms with Crippen molar-refractivity contribution in [2.45, 2.75) is 51.9 Å². The number of halogens is 2. The van der Waals surface area contributed by atoms with Crippen LogP contribution >= 0.6 is 24.8 Å². The summed E-state index contributed by atoms with van der Waals surface area (Å²) in [5.74, 6) is 1.21. The van der Waals surface area contributed by atoms with Gasteiger partial charge in [0.1, 0.15) is 0 Å². The molecule has 2 aliphatic heterocycles. The number of carbonyl (C=O) groups excluding carboxylic acids is 1. The third-order valence-corrected chi connectivity index (χ3v) is 5.77. The van der Waals surface area contributed by atoms with Gasteiger partial charge in [-0.05, 0) is 62.7 Å². The number of para-hydroxylation sites is 2. The number of benzene rings is 1. The maximum atomic E-state index is 12.6. The molecular weight excluding hydrogens is 381 g/mol. The van der Waals surface area contributed by atoms with E-state index in [9.17, 15) is 4.79 Å². The summed E-state index contributed by atoms with van der Waals surface area (Å²) in [5.41, 5.74) is 2.16. The molecule has 2 fully saturated rings. The second-order valence-corrected chi connectivity index (χ2v) is 7.75. The molecule has 2 unspecified atom stereocenters. The first-order valence-electron chi connectivity index (χ1n) is 10.1. The largest absolute Gasteiger partial charge is 0.370 e. The Kier molecular flexibility index (Phi) is 11.1. The van der Waals surface area contributed by atoms with Crippen LogP contribution in [-0.4, -0.2) is 32.1 Å². The molecule has 2 atom stereocenters. The van der Waals surface area contributed by atoms with Crippen LogP contribution in [0.25, 0.3) is 0 Å². The van der Waals surface area contributed by atoms with Gasteiger partial charge in [-0.1, -0.05) is 31.9 Å². The molecule has 1 aromatic carbocycles. The number of hydrogen-bond donors (Lipinski definition) is 2. The van der Waals surface area contributed by atoms with Crippen molar-refractivity contribution in [1.82, 2.24) is 5.32 Å². The predicted octanol–water partition coefficient (Wildman–Crippen LogP) is 4.87. The first kappa shape index (κ1) is 24.1. The Morgan fingerprint density at radius 2 is 1.85 bits per heavy atom. The molecular formula is C21H35Cl2N3O. The summed E-state index contributed by atoms with van der Waals surface area (Å²) < 4.78 is 0. The maximum Gasteiger partial charge on any atom is 0.224 e. The predicted molar refractivity (Wildman–Crippen MR) is 120 cm³/mol. The van der Waals surface area contributed by atoms with Gasteiger partial charge < -0.3 is 15.5 Å². The fourth-order valence-electron chi connectivity index (χ4n) is 4.19. The fraction of sp³-hybridized carbons (Fsp3) is 0.667. The van der Waals surface area contributed by atoms with E-state index in [2.05, 4.69) is 34.6 Å². The quantitative estimate of drug-likeness (QED) is 0.720. The van der Waals surface area contributed by atoms with Gasteiger partial charge in [0, 0.05) is 19.5 Å². The number of anilines is 2. The highest BCUT2D eigenvalue weighted by Crippen LogP contribution is 2.29. The molecule has 4 nitrogen and oxygen atoms in total. The Morgan fingerprint density at radius 1 is 1.15 bits per heavy atom. The van der Waals surface area contributed by atoms with Crippen molar-refractivity contribution in [3.8, 4) is 0 Å². The zero-order valence-electron chi connectivity index (χ0n) is 16.4. The van der Waals surface area contributed by atoms with Gasteiger partial charge in [-0.3, -0.25) is 4.79 Å². The van der Waals surface area contributed by atoms with E-state index in [-0.39, 0.29) is 30.7 Å². The van der Waals surface area contributed by atoms with Gasteiger partial charge in [-0.25, -0.2) is 0 Å². The first-order chi connectivity index (χ1) is 12.2. The zero-order chi connectivity index (χ0) is 17.5. The van der Waals surface area contributed by atoms with E-state index in [1.54, 1.807) is 0 Å². The summed E-state index contributed by atoms with van der Waals surface area (Å²) in [6.07, 6.45) is 8.21. The molecule has 0 bridgehead atoms. The number of nitrogens with one attached hydrogen (secondary N) is 2. The topological polar surface area (TPSA) is 44.4 Å². The van der Waals surface area contributed by atoms with Crippen LogP contribution in [0.4, 0.5) is 11.4 Å². The van der Waals surface area contributed by atoms with Crippen molar-refractivity contribution in [2.75, 3.05) is 36.4 Å². The summed E-state index contributed by atoms with van der Waals surface area (Å²) >= 11 is 0. The second-order valence-electron chi connectivity index (χ2n) is 7.75. The molecule has 1 amide bonds. The van der Waals surface area contributed by atoms with Crippen molar-refractivity contribution in [3.05, 3.63) is 24.3 Å². The van der Waals surface area contributed by atoms with Crippen LogP contribution in [0, 0.1) is 11.8 Å². The molecule has 6 heteroatoms. The van der Waals surface area contributed by atoms with Crippen LogP contribution in [0.3, 0.4) is 0 Å². The van der Waals surface area contributed by atoms with Gasteiger partial charge in [0.15, 0.2) is 0 Å². The molecule has 0 aromatic heterocycles. The summed E-state index contributed by atoms with van der Waals surface area (Å²) in [7, 11) is 0. The fourth-order valence-corrected chi connectivity index (χ4v) is 4.19. The average Bonchev–Trinajstić information content (AvgIpc) is 2.92. The molecule has 0 aliphatic carbocycles. The highest BCUT2D eigenvalue weighted by Gasteiger charge is 2.22. The van der Waals surface area contributed by atoms with Crippen LogP contribution in [0.2, 0.25) is 0 Å². The van der Waals surface area contributed by atoms with Crippen molar-refractivity contribution in [3.63, 3.8) is 0 Å². The smallest absolute Gasteiger partial charge is 0.224 e. The lowest BCUT2D eigenvalue weighted by Crippen LogP contribution is -2.34. The molecule has 2 N–H and O–H groups in total. The Balaban J connectivity index is 0.00000182. The number of piperidine rings is 1. The Hall–Kier alpha value is -0.970. The van der Waals surface area contributed by atoms with Crippen LogP contribution in [0.1, 0.15) is 51.9 Å². The van der Waals surface area contributed by atoms with Crippen LogP contribution in [0.5, 0.6) is 0 Å². The van der Waals surface area contributed by atoms with E-state index in [1.807, 2.05) is 12.1 Å². The van der Waals surface area contributed by atoms with E-state index in [0.29, 0.717) is 18.3 Å². The van der Waals surface area contributed by atoms with E-state index in [0.717, 1.165) is 31.9 Å². The molecule has 2 heterocycles. The van der Waals surface area contributed by atoms with Gasteiger partial charge in [0.25, 0.3) is 0 Å². The summed E-state index contributed by atoms with van der Waals surface area (Å²) in [4.78, 5) is 15.1. The van der Waals surface area contributed by atoms with E-state index < -0.39 is 0 Å². The van der Waals surface area contributed by atoms with Crippen molar-refractivity contribution < 1.29 is 4.79 Å². The zero-order valence-corrected chi connectivity index (χ0v) is 18.0. The molecule has 0 spiro atoms. The molecule has 0 saturated carbocycles. The number of nitrogens with zero attached hydrogens (tertiary/aromatic N) is 1. The highest BCUT2D eigenvalue weighted by molar-refractivity contribution is 5.94. The van der Waals surface area contributed by atoms with Gasteiger partial charge in [0.05, 0.1) is 11.4 Å². The van der Waals surface area contributed by atoms with E-state index in [1.165, 1.54) is 44.2 Å². The van der Waals surface area contributed by atoms with Crippen LogP contribution < -0.4 is 15.5 Å². The van der Waals surface area contributed by atoms with Crippen LogP contribution in [0.15, 0.2) is 24.3 Å². The number of amides is 1. The van der Waals surface area contributed by atoms with E-state index >= 15 is 0 Å².